The Bertz CT molecular complexity index is 352. The van der Waals surface area contributed by atoms with Crippen LogP contribution in [0.3, 0.4) is 0 Å². The molecule has 0 aromatic heterocycles. The number of aliphatic hydroxyl groups excluding tert-OH is 3. The fraction of sp³-hybridized carbons (Fsp3) is 0.929. The molecule has 1 rings (SSSR count). The second-order valence-electron chi connectivity index (χ2n) is 7.53. The van der Waals surface area contributed by atoms with Gasteiger partial charge in [0.15, 0.2) is 0 Å². The Labute approximate surface area is 120 Å². The maximum atomic E-state index is 12.2. The Kier molecular flexibility index (Phi) is 5.18. The van der Waals surface area contributed by atoms with Crippen molar-refractivity contribution in [3.8, 4) is 0 Å². The molecule has 6 nitrogen and oxygen atoms in total. The SMILES string of the molecule is CC(C)(C)CC(C)(C)NC(=O)[C@@H]1N[C@@H](CO)[C@H](O)[C@H]1O. The third-order valence-electron chi connectivity index (χ3n) is 3.41. The number of nitrogens with one attached hydrogen (secondary N) is 2. The summed E-state index contributed by atoms with van der Waals surface area (Å²) in [4.78, 5) is 12.2. The van der Waals surface area contributed by atoms with Crippen LogP contribution in [0.1, 0.15) is 41.0 Å². The van der Waals surface area contributed by atoms with Crippen molar-refractivity contribution in [2.45, 2.75) is 70.9 Å². The molecule has 0 bridgehead atoms. The van der Waals surface area contributed by atoms with Gasteiger partial charge in [0, 0.05) is 5.54 Å². The molecular weight excluding hydrogens is 260 g/mol. The molecule has 1 amide bonds. The van der Waals surface area contributed by atoms with E-state index in [1.54, 1.807) is 0 Å². The van der Waals surface area contributed by atoms with Gasteiger partial charge in [-0.25, -0.2) is 0 Å². The van der Waals surface area contributed by atoms with E-state index in [9.17, 15) is 15.0 Å². The molecule has 1 saturated heterocycles. The van der Waals surface area contributed by atoms with Gasteiger partial charge in [0.1, 0.15) is 12.1 Å². The summed E-state index contributed by atoms with van der Waals surface area (Å²) in [5.74, 6) is -0.359. The first-order valence-electron chi connectivity index (χ1n) is 7.02. The second kappa shape index (κ2) is 5.97. The van der Waals surface area contributed by atoms with E-state index in [0.717, 1.165) is 6.42 Å². The number of amides is 1. The van der Waals surface area contributed by atoms with E-state index in [-0.39, 0.29) is 17.9 Å². The van der Waals surface area contributed by atoms with Crippen molar-refractivity contribution < 1.29 is 20.1 Å². The fourth-order valence-electron chi connectivity index (χ4n) is 3.04. The minimum Gasteiger partial charge on any atom is -0.395 e. The summed E-state index contributed by atoms with van der Waals surface area (Å²) < 4.78 is 0. The summed E-state index contributed by atoms with van der Waals surface area (Å²) in [6, 6.07) is -1.58. The largest absolute Gasteiger partial charge is 0.395 e. The molecule has 1 fully saturated rings. The van der Waals surface area contributed by atoms with Crippen molar-refractivity contribution in [3.63, 3.8) is 0 Å². The zero-order valence-corrected chi connectivity index (χ0v) is 13.0. The summed E-state index contributed by atoms with van der Waals surface area (Å²) in [6.45, 7) is 9.81. The maximum Gasteiger partial charge on any atom is 0.240 e. The molecule has 1 aliphatic rings. The molecule has 1 heterocycles. The third-order valence-corrected chi connectivity index (χ3v) is 3.41. The Balaban J connectivity index is 2.67. The number of rotatable bonds is 4. The Morgan fingerprint density at radius 3 is 2.10 bits per heavy atom. The van der Waals surface area contributed by atoms with E-state index in [2.05, 4.69) is 31.4 Å². The van der Waals surface area contributed by atoms with Gasteiger partial charge in [-0.3, -0.25) is 10.1 Å². The summed E-state index contributed by atoms with van der Waals surface area (Å²) in [5.41, 5.74) is -0.357. The van der Waals surface area contributed by atoms with Gasteiger partial charge in [0.25, 0.3) is 0 Å². The lowest BCUT2D eigenvalue weighted by molar-refractivity contribution is -0.127. The molecule has 0 aromatic carbocycles. The predicted octanol–water partition coefficient (Wildman–Crippen LogP) is -0.628. The molecule has 118 valence electrons. The number of hydrogen-bond donors (Lipinski definition) is 5. The highest BCUT2D eigenvalue weighted by Crippen LogP contribution is 2.27. The van der Waals surface area contributed by atoms with Crippen LogP contribution in [0, 0.1) is 5.41 Å². The highest BCUT2D eigenvalue weighted by atomic mass is 16.3. The van der Waals surface area contributed by atoms with E-state index >= 15 is 0 Å². The van der Waals surface area contributed by atoms with Crippen molar-refractivity contribution in [1.82, 2.24) is 10.6 Å². The molecule has 4 atom stereocenters. The molecule has 1 aliphatic heterocycles. The van der Waals surface area contributed by atoms with Crippen LogP contribution in [-0.2, 0) is 4.79 Å². The maximum absolute atomic E-state index is 12.2. The fourth-order valence-corrected chi connectivity index (χ4v) is 3.04. The van der Waals surface area contributed by atoms with Crippen molar-refractivity contribution in [2.24, 2.45) is 5.41 Å². The topological polar surface area (TPSA) is 102 Å². The summed E-state index contributed by atoms with van der Waals surface area (Å²) >= 11 is 0. The lowest BCUT2D eigenvalue weighted by Gasteiger charge is -2.34. The minimum absolute atomic E-state index is 0.0612. The van der Waals surface area contributed by atoms with Crippen LogP contribution in [0.5, 0.6) is 0 Å². The van der Waals surface area contributed by atoms with Crippen LogP contribution in [0.2, 0.25) is 0 Å². The Hall–Kier alpha value is -0.690. The van der Waals surface area contributed by atoms with E-state index in [1.807, 2.05) is 13.8 Å². The van der Waals surface area contributed by atoms with Crippen LogP contribution < -0.4 is 10.6 Å². The lowest BCUT2D eigenvalue weighted by Crippen LogP contribution is -2.55. The predicted molar refractivity (Wildman–Crippen MR) is 76.1 cm³/mol. The van der Waals surface area contributed by atoms with Crippen molar-refractivity contribution >= 4 is 5.91 Å². The molecule has 20 heavy (non-hydrogen) atoms. The normalized spacial score (nSPS) is 31.4. The summed E-state index contributed by atoms with van der Waals surface area (Å²) in [6.07, 6.45) is -1.57. The zero-order valence-electron chi connectivity index (χ0n) is 13.0. The first-order valence-corrected chi connectivity index (χ1v) is 7.02. The Morgan fingerprint density at radius 2 is 1.70 bits per heavy atom. The van der Waals surface area contributed by atoms with Gasteiger partial charge in [0.05, 0.1) is 18.8 Å². The standard InChI is InChI=1S/C14H28N2O4/c1-13(2,3)7-14(4,5)16-12(20)9-11(19)10(18)8(6-17)15-9/h8-11,15,17-19H,6-7H2,1-5H3,(H,16,20)/t8-,9+,10-,11-/m0/s1. The van der Waals surface area contributed by atoms with Gasteiger partial charge in [-0.1, -0.05) is 20.8 Å². The smallest absolute Gasteiger partial charge is 0.240 e. The van der Waals surface area contributed by atoms with E-state index in [0.29, 0.717) is 0 Å². The first kappa shape index (κ1) is 17.4. The first-order chi connectivity index (χ1) is 8.97. The van der Waals surface area contributed by atoms with E-state index < -0.39 is 29.8 Å². The lowest BCUT2D eigenvalue weighted by atomic mass is 9.81. The second-order valence-corrected chi connectivity index (χ2v) is 7.53. The molecule has 0 aliphatic carbocycles. The number of carbonyl (C=O) groups excluding carboxylic acids is 1. The van der Waals surface area contributed by atoms with Crippen LogP contribution in [0.4, 0.5) is 0 Å². The zero-order chi connectivity index (χ0) is 15.7. The Morgan fingerprint density at radius 1 is 1.15 bits per heavy atom. The quantitative estimate of drug-likeness (QED) is 0.474. The van der Waals surface area contributed by atoms with Crippen molar-refractivity contribution in [2.75, 3.05) is 6.61 Å². The van der Waals surface area contributed by atoms with Gasteiger partial charge in [-0.2, -0.15) is 0 Å². The average Bonchev–Trinajstić information content (AvgIpc) is 2.51. The van der Waals surface area contributed by atoms with Gasteiger partial charge in [-0.15, -0.1) is 0 Å². The van der Waals surface area contributed by atoms with Gasteiger partial charge < -0.3 is 20.6 Å². The molecule has 6 heteroatoms. The number of hydrogen-bond acceptors (Lipinski definition) is 5. The number of carbonyl (C=O) groups is 1. The third kappa shape index (κ3) is 4.41. The molecular formula is C14H28N2O4. The van der Waals surface area contributed by atoms with Gasteiger partial charge in [-0.05, 0) is 25.7 Å². The van der Waals surface area contributed by atoms with Crippen molar-refractivity contribution in [1.29, 1.82) is 0 Å². The highest BCUT2D eigenvalue weighted by Gasteiger charge is 2.45. The molecule has 0 aromatic rings. The monoisotopic (exact) mass is 288 g/mol. The van der Waals surface area contributed by atoms with Gasteiger partial charge >= 0.3 is 0 Å². The van der Waals surface area contributed by atoms with Crippen LogP contribution in [0.25, 0.3) is 0 Å². The highest BCUT2D eigenvalue weighted by molar-refractivity contribution is 5.83. The van der Waals surface area contributed by atoms with E-state index in [1.165, 1.54) is 0 Å². The van der Waals surface area contributed by atoms with Crippen LogP contribution in [0.15, 0.2) is 0 Å². The molecule has 0 unspecified atom stereocenters. The molecule has 0 radical (unpaired) electrons. The minimum atomic E-state index is -1.21. The van der Waals surface area contributed by atoms with Crippen molar-refractivity contribution in [3.05, 3.63) is 0 Å². The van der Waals surface area contributed by atoms with E-state index in [4.69, 9.17) is 5.11 Å². The summed E-state index contributed by atoms with van der Waals surface area (Å²) in [5, 5.41) is 34.3. The molecule has 0 spiro atoms. The summed E-state index contributed by atoms with van der Waals surface area (Å²) in [7, 11) is 0. The molecule has 0 saturated carbocycles. The molecule has 5 N–H and O–H groups in total. The van der Waals surface area contributed by atoms with Crippen LogP contribution >= 0.6 is 0 Å². The average molecular weight is 288 g/mol. The number of aliphatic hydroxyl groups is 3. The van der Waals surface area contributed by atoms with Crippen LogP contribution in [-0.4, -0.2) is 57.7 Å². The van der Waals surface area contributed by atoms with Gasteiger partial charge in [0.2, 0.25) is 5.91 Å².